The Kier molecular flexibility index (Phi) is 9.16. The average Bonchev–Trinajstić information content (AvgIpc) is 3.46. The van der Waals surface area contributed by atoms with E-state index in [0.717, 1.165) is 42.9 Å². The summed E-state index contributed by atoms with van der Waals surface area (Å²) in [5, 5.41) is 22.8. The van der Waals surface area contributed by atoms with Gasteiger partial charge in [0.1, 0.15) is 23.8 Å². The number of hydrogen-bond acceptors (Lipinski definition) is 9. The van der Waals surface area contributed by atoms with Crippen LogP contribution in [0, 0.1) is 29.6 Å². The summed E-state index contributed by atoms with van der Waals surface area (Å²) < 4.78 is 12.1. The number of aromatic nitrogens is 1. The SMILES string of the molecule is Cc1cccc2cccc(N3CCc4c(nc(OCC5CCCN5C)c(C#N)c4N4CCN(C(=O)OC(C)(C)C)C(CC#N)C4)C3)c12. The second-order valence-electron chi connectivity index (χ2n) is 14.0. The molecule has 0 radical (unpaired) electrons. The van der Waals surface area contributed by atoms with Crippen molar-refractivity contribution in [3.05, 3.63) is 58.8 Å². The van der Waals surface area contributed by atoms with Crippen LogP contribution in [0.2, 0.25) is 0 Å². The van der Waals surface area contributed by atoms with Gasteiger partial charge in [0, 0.05) is 48.9 Å². The van der Waals surface area contributed by atoms with Gasteiger partial charge in [-0.2, -0.15) is 10.5 Å². The lowest BCUT2D eigenvalue weighted by atomic mass is 9.96. The predicted molar refractivity (Wildman–Crippen MR) is 183 cm³/mol. The molecule has 2 saturated heterocycles. The van der Waals surface area contributed by atoms with E-state index in [1.807, 2.05) is 20.8 Å². The second-order valence-corrected chi connectivity index (χ2v) is 14.0. The Morgan fingerprint density at radius 1 is 1.04 bits per heavy atom. The Hall–Kier alpha value is -4.54. The first kappa shape index (κ1) is 32.4. The number of carbonyl (C=O) groups excluding carboxylic acids is 1. The number of anilines is 2. The molecule has 2 unspecified atom stereocenters. The molecule has 47 heavy (non-hydrogen) atoms. The van der Waals surface area contributed by atoms with E-state index >= 15 is 0 Å². The van der Waals surface area contributed by atoms with Crippen LogP contribution in [-0.2, 0) is 17.7 Å². The summed E-state index contributed by atoms with van der Waals surface area (Å²) >= 11 is 0. The third-order valence-corrected chi connectivity index (χ3v) is 9.68. The number of carbonyl (C=O) groups is 1. The Labute approximate surface area is 278 Å². The van der Waals surface area contributed by atoms with Gasteiger partial charge in [-0.15, -0.1) is 0 Å². The quantitative estimate of drug-likeness (QED) is 0.333. The zero-order valence-electron chi connectivity index (χ0n) is 28.3. The molecule has 246 valence electrons. The van der Waals surface area contributed by atoms with Crippen LogP contribution in [0.3, 0.4) is 0 Å². The van der Waals surface area contributed by atoms with Crippen molar-refractivity contribution in [1.82, 2.24) is 14.8 Å². The summed E-state index contributed by atoms with van der Waals surface area (Å²) in [5.74, 6) is 0.365. The topological polar surface area (TPSA) is 109 Å². The second kappa shape index (κ2) is 13.3. The van der Waals surface area contributed by atoms with Crippen molar-refractivity contribution < 1.29 is 14.3 Å². The molecule has 3 aromatic rings. The van der Waals surface area contributed by atoms with Crippen LogP contribution in [-0.4, -0.2) is 84.9 Å². The smallest absolute Gasteiger partial charge is 0.410 e. The number of pyridine rings is 1. The van der Waals surface area contributed by atoms with Crippen molar-refractivity contribution in [2.24, 2.45) is 0 Å². The van der Waals surface area contributed by atoms with E-state index in [1.165, 1.54) is 22.0 Å². The van der Waals surface area contributed by atoms with Crippen molar-refractivity contribution in [2.75, 3.05) is 56.2 Å². The van der Waals surface area contributed by atoms with Gasteiger partial charge >= 0.3 is 6.09 Å². The van der Waals surface area contributed by atoms with Crippen LogP contribution >= 0.6 is 0 Å². The minimum Gasteiger partial charge on any atom is -0.475 e. The summed E-state index contributed by atoms with van der Waals surface area (Å²) in [5.41, 5.74) is 4.96. The minimum atomic E-state index is -0.641. The Balaban J connectivity index is 1.38. The zero-order chi connectivity index (χ0) is 33.3. The number of benzene rings is 2. The first-order chi connectivity index (χ1) is 22.6. The van der Waals surface area contributed by atoms with Gasteiger partial charge in [-0.05, 0) is 77.6 Å². The van der Waals surface area contributed by atoms with Crippen molar-refractivity contribution in [3.8, 4) is 18.0 Å². The molecule has 3 aliphatic heterocycles. The molecule has 0 spiro atoms. The number of likely N-dealkylation sites (tertiary alicyclic amines) is 1. The molecule has 4 heterocycles. The number of likely N-dealkylation sites (N-methyl/N-ethyl adjacent to an activating group) is 1. The third-order valence-electron chi connectivity index (χ3n) is 9.68. The first-order valence-corrected chi connectivity index (χ1v) is 16.7. The van der Waals surface area contributed by atoms with Gasteiger partial charge in [0.2, 0.25) is 5.88 Å². The lowest BCUT2D eigenvalue weighted by molar-refractivity contribution is 0.0145. The average molecular weight is 636 g/mol. The monoisotopic (exact) mass is 635 g/mol. The number of piperazine rings is 1. The Bertz CT molecular complexity index is 1730. The standard InChI is InChI=1S/C37H45N7O3/c1-25-9-6-10-26-11-7-13-32(33(25)26)42-18-15-29-31(23-42)40-35(46-24-28-12-8-17-41(28)5)30(21-39)34(29)43-19-20-44(27(22-43)14-16-38)36(45)47-37(2,3)4/h6-7,9-11,13,27-28H,8,12,14-15,17-20,22-24H2,1-5H3. The maximum atomic E-state index is 13.2. The fraction of sp³-hybridized carbons (Fsp3) is 0.514. The molecule has 0 aliphatic carbocycles. The van der Waals surface area contributed by atoms with E-state index < -0.39 is 11.7 Å². The van der Waals surface area contributed by atoms with E-state index in [1.54, 1.807) is 4.90 Å². The lowest BCUT2D eigenvalue weighted by Crippen LogP contribution is -2.56. The highest BCUT2D eigenvalue weighted by atomic mass is 16.6. The number of nitrogens with zero attached hydrogens (tertiary/aromatic N) is 7. The molecular formula is C37H45N7O3. The van der Waals surface area contributed by atoms with Crippen LogP contribution in [0.25, 0.3) is 10.8 Å². The predicted octanol–water partition coefficient (Wildman–Crippen LogP) is 5.79. The van der Waals surface area contributed by atoms with E-state index in [9.17, 15) is 15.3 Å². The fourth-order valence-electron chi connectivity index (χ4n) is 7.33. The number of ether oxygens (including phenoxy) is 2. The van der Waals surface area contributed by atoms with Gasteiger partial charge in [0.15, 0.2) is 0 Å². The summed E-state index contributed by atoms with van der Waals surface area (Å²) in [4.78, 5) is 26.8. The van der Waals surface area contributed by atoms with Crippen LogP contribution in [0.15, 0.2) is 36.4 Å². The number of rotatable bonds is 6. The molecule has 6 rings (SSSR count). The summed E-state index contributed by atoms with van der Waals surface area (Å²) in [6.45, 7) is 11.8. The molecule has 1 amide bonds. The normalized spacial score (nSPS) is 20.1. The van der Waals surface area contributed by atoms with Crippen molar-refractivity contribution >= 4 is 28.2 Å². The molecule has 2 atom stereocenters. The molecule has 10 heteroatoms. The Morgan fingerprint density at radius 2 is 1.83 bits per heavy atom. The highest BCUT2D eigenvalue weighted by Gasteiger charge is 2.37. The van der Waals surface area contributed by atoms with Crippen LogP contribution in [0.5, 0.6) is 5.88 Å². The molecule has 3 aliphatic rings. The van der Waals surface area contributed by atoms with Crippen LogP contribution in [0.1, 0.15) is 62.4 Å². The third kappa shape index (κ3) is 6.66. The molecule has 1 aromatic heterocycles. The summed E-state index contributed by atoms with van der Waals surface area (Å²) in [6.07, 6.45) is 2.62. The number of hydrogen-bond donors (Lipinski definition) is 0. The maximum absolute atomic E-state index is 13.2. The fourth-order valence-corrected chi connectivity index (χ4v) is 7.33. The molecule has 2 aromatic carbocycles. The number of nitriles is 2. The molecule has 0 N–H and O–H groups in total. The highest BCUT2D eigenvalue weighted by Crippen LogP contribution is 2.40. The molecule has 0 saturated carbocycles. The number of aryl methyl sites for hydroxylation is 1. The van der Waals surface area contributed by atoms with Gasteiger partial charge < -0.3 is 29.1 Å². The van der Waals surface area contributed by atoms with E-state index in [2.05, 4.69) is 77.2 Å². The van der Waals surface area contributed by atoms with Gasteiger partial charge in [0.25, 0.3) is 0 Å². The highest BCUT2D eigenvalue weighted by molar-refractivity contribution is 5.97. The summed E-state index contributed by atoms with van der Waals surface area (Å²) in [7, 11) is 2.11. The van der Waals surface area contributed by atoms with Crippen LogP contribution in [0.4, 0.5) is 16.2 Å². The largest absolute Gasteiger partial charge is 0.475 e. The van der Waals surface area contributed by atoms with Crippen molar-refractivity contribution in [1.29, 1.82) is 10.5 Å². The maximum Gasteiger partial charge on any atom is 0.410 e. The van der Waals surface area contributed by atoms with E-state index in [0.29, 0.717) is 50.7 Å². The van der Waals surface area contributed by atoms with Crippen LogP contribution < -0.4 is 14.5 Å². The van der Waals surface area contributed by atoms with Gasteiger partial charge in [-0.25, -0.2) is 9.78 Å². The molecular weight excluding hydrogens is 590 g/mol. The molecule has 10 nitrogen and oxygen atoms in total. The zero-order valence-corrected chi connectivity index (χ0v) is 28.3. The van der Waals surface area contributed by atoms with E-state index in [-0.39, 0.29) is 18.5 Å². The van der Waals surface area contributed by atoms with Crippen molar-refractivity contribution in [2.45, 2.75) is 77.6 Å². The van der Waals surface area contributed by atoms with Gasteiger partial charge in [0.05, 0.1) is 36.5 Å². The number of amides is 1. The van der Waals surface area contributed by atoms with Crippen molar-refractivity contribution in [3.63, 3.8) is 0 Å². The minimum absolute atomic E-state index is 0.163. The lowest BCUT2D eigenvalue weighted by Gasteiger charge is -2.43. The molecule has 2 fully saturated rings. The van der Waals surface area contributed by atoms with E-state index in [4.69, 9.17) is 14.5 Å². The summed E-state index contributed by atoms with van der Waals surface area (Å²) in [6, 6.07) is 17.5. The first-order valence-electron chi connectivity index (χ1n) is 16.7. The number of fused-ring (bicyclic) bond motifs is 2. The van der Waals surface area contributed by atoms with Gasteiger partial charge in [-0.1, -0.05) is 30.3 Å². The van der Waals surface area contributed by atoms with Gasteiger partial charge in [-0.3, -0.25) is 0 Å². The Morgan fingerprint density at radius 3 is 2.53 bits per heavy atom. The molecule has 0 bridgehead atoms.